The topological polar surface area (TPSA) is 170 Å². The Morgan fingerprint density at radius 1 is 0.638 bits per heavy atom. The number of para-hydroxylation sites is 2. The van der Waals surface area contributed by atoms with Crippen molar-refractivity contribution in [2.75, 3.05) is 82.2 Å². The molecule has 4 aliphatic heterocycles. The number of methoxy groups -OCH3 is 3. The maximum absolute atomic E-state index is 14.1. The van der Waals surface area contributed by atoms with Gasteiger partial charge in [-0.1, -0.05) is 36.4 Å². The van der Waals surface area contributed by atoms with E-state index in [1.807, 2.05) is 79.2 Å². The predicted octanol–water partition coefficient (Wildman–Crippen LogP) is 7.79. The molecule has 358 valence electrons. The smallest absolute Gasteiger partial charge is 0.303 e. The Bertz CT molecular complexity index is 2620. The van der Waals surface area contributed by atoms with E-state index < -0.39 is 5.97 Å². The SMILES string of the molecule is COCCOCCOCCN(CCCC(=O)O)c1cc(COc2cc3c(cc2OC)C(=O)N2c4ccccc4C[C@H]2C=N3)cc(COc2cc3c(cc2OC)C(=O)N2c4ccccc4C[C@H]2C=N3)c1. The van der Waals surface area contributed by atoms with Crippen LogP contribution in [0.15, 0.2) is 101 Å². The van der Waals surface area contributed by atoms with E-state index in [9.17, 15) is 19.5 Å². The summed E-state index contributed by atoms with van der Waals surface area (Å²) in [7, 11) is 4.69. The van der Waals surface area contributed by atoms with E-state index in [0.717, 1.165) is 39.3 Å². The fraction of sp³-hybridized carbons (Fsp3) is 0.340. The van der Waals surface area contributed by atoms with Crippen LogP contribution in [0.5, 0.6) is 23.0 Å². The van der Waals surface area contributed by atoms with Crippen molar-refractivity contribution < 1.29 is 52.6 Å². The summed E-state index contributed by atoms with van der Waals surface area (Å²) in [6.45, 7) is 3.19. The second kappa shape index (κ2) is 21.4. The highest BCUT2D eigenvalue weighted by atomic mass is 16.5. The van der Waals surface area contributed by atoms with Gasteiger partial charge in [-0.3, -0.25) is 34.2 Å². The van der Waals surface area contributed by atoms with E-state index in [1.54, 1.807) is 41.2 Å². The van der Waals surface area contributed by atoms with E-state index in [0.29, 0.717) is 111 Å². The molecule has 2 atom stereocenters. The lowest BCUT2D eigenvalue weighted by molar-refractivity contribution is -0.137. The summed E-state index contributed by atoms with van der Waals surface area (Å²) in [6, 6.07) is 28.2. The molecule has 69 heavy (non-hydrogen) atoms. The minimum absolute atomic E-state index is 0.00822. The van der Waals surface area contributed by atoms with Crippen molar-refractivity contribution in [1.82, 2.24) is 0 Å². The fourth-order valence-electron chi connectivity index (χ4n) is 9.22. The molecule has 4 aliphatic rings. The molecule has 2 amide bonds. The van der Waals surface area contributed by atoms with Gasteiger partial charge in [0.05, 0.1) is 81.8 Å². The van der Waals surface area contributed by atoms with Gasteiger partial charge in [0.2, 0.25) is 0 Å². The van der Waals surface area contributed by atoms with E-state index >= 15 is 0 Å². The van der Waals surface area contributed by atoms with Crippen LogP contribution in [0.3, 0.4) is 0 Å². The molecule has 0 unspecified atom stereocenters. The molecule has 0 aliphatic carbocycles. The first-order valence-corrected chi connectivity index (χ1v) is 23.1. The van der Waals surface area contributed by atoms with Gasteiger partial charge in [-0.25, -0.2) is 0 Å². The van der Waals surface area contributed by atoms with Crippen LogP contribution in [0.4, 0.5) is 28.4 Å². The van der Waals surface area contributed by atoms with E-state index in [-0.39, 0.29) is 43.5 Å². The van der Waals surface area contributed by atoms with Gasteiger partial charge in [0.1, 0.15) is 13.2 Å². The molecule has 1 N–H and O–H groups in total. The summed E-state index contributed by atoms with van der Waals surface area (Å²) in [6.07, 6.45) is 5.37. The van der Waals surface area contributed by atoms with Gasteiger partial charge in [-0.05, 0) is 71.1 Å². The van der Waals surface area contributed by atoms with Crippen LogP contribution in [-0.2, 0) is 45.1 Å². The molecule has 0 saturated carbocycles. The van der Waals surface area contributed by atoms with Crippen molar-refractivity contribution >= 4 is 58.6 Å². The number of fused-ring (bicyclic) bond motifs is 8. The molecular weight excluding hydrogens is 883 g/mol. The Hall–Kier alpha value is -7.27. The number of amides is 2. The average molecular weight is 938 g/mol. The lowest BCUT2D eigenvalue weighted by Gasteiger charge is -2.26. The van der Waals surface area contributed by atoms with Crippen molar-refractivity contribution in [3.05, 3.63) is 124 Å². The highest BCUT2D eigenvalue weighted by Gasteiger charge is 2.38. The number of carboxylic acid groups (broad SMARTS) is 1. The largest absolute Gasteiger partial charge is 0.493 e. The average Bonchev–Trinajstić information content (AvgIpc) is 3.85. The lowest BCUT2D eigenvalue weighted by Crippen LogP contribution is -2.37. The van der Waals surface area contributed by atoms with Crippen LogP contribution in [0.1, 0.15) is 55.8 Å². The first kappa shape index (κ1) is 46.8. The highest BCUT2D eigenvalue weighted by molar-refractivity contribution is 6.15. The first-order chi connectivity index (χ1) is 33.7. The zero-order valence-corrected chi connectivity index (χ0v) is 38.9. The number of ether oxygens (including phenoxy) is 7. The molecule has 9 rings (SSSR count). The molecule has 4 heterocycles. The molecule has 0 radical (unpaired) electrons. The number of aliphatic carboxylic acids is 1. The zero-order valence-electron chi connectivity index (χ0n) is 38.9. The molecule has 0 saturated heterocycles. The normalized spacial score (nSPS) is 16.2. The Morgan fingerprint density at radius 3 is 1.65 bits per heavy atom. The Morgan fingerprint density at radius 2 is 1.14 bits per heavy atom. The first-order valence-electron chi connectivity index (χ1n) is 23.1. The highest BCUT2D eigenvalue weighted by Crippen LogP contribution is 2.43. The van der Waals surface area contributed by atoms with Gasteiger partial charge in [-0.15, -0.1) is 0 Å². The van der Waals surface area contributed by atoms with Crippen LogP contribution in [0.2, 0.25) is 0 Å². The Kier molecular flexibility index (Phi) is 14.5. The molecule has 5 aromatic rings. The van der Waals surface area contributed by atoms with Gasteiger partial charge < -0.3 is 43.2 Å². The monoisotopic (exact) mass is 937 g/mol. The van der Waals surface area contributed by atoms with Crippen molar-refractivity contribution in [2.24, 2.45) is 9.98 Å². The number of carboxylic acids is 1. The summed E-state index contributed by atoms with van der Waals surface area (Å²) in [5.41, 5.74) is 8.06. The molecular formula is C53H55N5O11. The molecule has 0 bridgehead atoms. The molecule has 0 fully saturated rings. The quantitative estimate of drug-likeness (QED) is 0.0670. The number of rotatable bonds is 22. The van der Waals surface area contributed by atoms with Crippen molar-refractivity contribution in [3.63, 3.8) is 0 Å². The third kappa shape index (κ3) is 10.3. The minimum atomic E-state index is -0.882. The summed E-state index contributed by atoms with van der Waals surface area (Å²) in [5, 5.41) is 9.55. The molecule has 0 aromatic heterocycles. The number of benzene rings is 5. The number of hydrogen-bond acceptors (Lipinski definition) is 13. The van der Waals surface area contributed by atoms with Crippen LogP contribution < -0.4 is 33.6 Å². The number of carbonyl (C=O) groups is 3. The molecule has 5 aromatic carbocycles. The Labute approximate surface area is 400 Å². The van der Waals surface area contributed by atoms with Crippen molar-refractivity contribution in [2.45, 2.75) is 51.0 Å². The second-order valence-electron chi connectivity index (χ2n) is 17.0. The number of hydrogen-bond donors (Lipinski definition) is 1. The molecule has 16 nitrogen and oxygen atoms in total. The number of aliphatic imine (C=N–C) groups is 2. The van der Waals surface area contributed by atoms with Gasteiger partial charge in [0.15, 0.2) is 23.0 Å². The second-order valence-corrected chi connectivity index (χ2v) is 17.0. The van der Waals surface area contributed by atoms with Crippen molar-refractivity contribution in [3.8, 4) is 23.0 Å². The maximum atomic E-state index is 14.1. The van der Waals surface area contributed by atoms with Crippen LogP contribution in [0, 0.1) is 0 Å². The standard InChI is InChI=1S/C53H55N5O11/c1-63-17-18-67-20-19-66-16-15-56(14-8-13-51(59)60)38-22-34(32-68-49-28-43-41(26-47(49)64-2)52(61)57-39(30-54-43)24-36-9-4-6-11-45(36)57)21-35(23-38)33-69-50-29-44-42(27-48(50)65-3)53(62)58-40(31-55-44)25-37-10-5-7-12-46(37)58/h4-7,9-12,21-23,26-31,39-40H,8,13-20,24-25,32-33H2,1-3H3,(H,59,60)/t39-,40-/m0/s1. The lowest BCUT2D eigenvalue weighted by atomic mass is 10.1. The summed E-state index contributed by atoms with van der Waals surface area (Å²) in [4.78, 5) is 55.1. The summed E-state index contributed by atoms with van der Waals surface area (Å²) < 4.78 is 41.2. The van der Waals surface area contributed by atoms with E-state index in [1.165, 1.54) is 14.2 Å². The van der Waals surface area contributed by atoms with Crippen LogP contribution in [-0.4, -0.2) is 115 Å². The number of carbonyl (C=O) groups excluding carboxylic acids is 2. The summed E-state index contributed by atoms with van der Waals surface area (Å²) in [5.74, 6) is 0.347. The van der Waals surface area contributed by atoms with Crippen LogP contribution >= 0.6 is 0 Å². The Balaban J connectivity index is 0.988. The molecule has 0 spiro atoms. The van der Waals surface area contributed by atoms with Crippen LogP contribution in [0.25, 0.3) is 0 Å². The van der Waals surface area contributed by atoms with Gasteiger partial charge in [-0.2, -0.15) is 0 Å². The maximum Gasteiger partial charge on any atom is 0.303 e. The third-order valence-corrected chi connectivity index (χ3v) is 12.6. The number of nitrogens with zero attached hydrogens (tertiary/aromatic N) is 5. The zero-order chi connectivity index (χ0) is 47.9. The third-order valence-electron chi connectivity index (χ3n) is 12.6. The molecule has 16 heteroatoms. The van der Waals surface area contributed by atoms with Gasteiger partial charge in [0.25, 0.3) is 11.8 Å². The van der Waals surface area contributed by atoms with E-state index in [2.05, 4.69) is 4.90 Å². The van der Waals surface area contributed by atoms with Gasteiger partial charge >= 0.3 is 5.97 Å². The summed E-state index contributed by atoms with van der Waals surface area (Å²) >= 11 is 0. The van der Waals surface area contributed by atoms with Gasteiger partial charge in [0, 0.05) is 81.1 Å². The minimum Gasteiger partial charge on any atom is -0.493 e. The number of anilines is 3. The fourth-order valence-corrected chi connectivity index (χ4v) is 9.22. The predicted molar refractivity (Wildman–Crippen MR) is 261 cm³/mol. The van der Waals surface area contributed by atoms with E-state index in [4.69, 9.17) is 43.1 Å². The van der Waals surface area contributed by atoms with Crippen molar-refractivity contribution in [1.29, 1.82) is 0 Å².